The Morgan fingerprint density at radius 1 is 1.20 bits per heavy atom. The van der Waals surface area contributed by atoms with Crippen LogP contribution in [0.4, 0.5) is 0 Å². The van der Waals surface area contributed by atoms with E-state index in [0.717, 1.165) is 5.22 Å². The van der Waals surface area contributed by atoms with Gasteiger partial charge in [0.25, 0.3) is 0 Å². The first-order chi connectivity index (χ1) is 7.24. The topological polar surface area (TPSA) is 0 Å². The van der Waals surface area contributed by atoms with Gasteiger partial charge in [-0.05, 0) is 33.7 Å². The van der Waals surface area contributed by atoms with Crippen LogP contribution in [-0.4, -0.2) is 0 Å². The summed E-state index contributed by atoms with van der Waals surface area (Å²) < 4.78 is 0. The van der Waals surface area contributed by atoms with Crippen molar-refractivity contribution < 1.29 is 0 Å². The molecule has 15 heavy (non-hydrogen) atoms. The van der Waals surface area contributed by atoms with Crippen LogP contribution in [0.1, 0.15) is 5.56 Å². The summed E-state index contributed by atoms with van der Waals surface area (Å²) in [7, 11) is 0. The van der Waals surface area contributed by atoms with Gasteiger partial charge in [0.1, 0.15) is 0 Å². The molecule has 74 valence electrons. The minimum absolute atomic E-state index is 1.09. The third kappa shape index (κ3) is 1.59. The van der Waals surface area contributed by atoms with Crippen LogP contribution in [0, 0.1) is 6.92 Å². The third-order valence-corrected chi connectivity index (χ3v) is 2.71. The maximum atomic E-state index is 4.11. The lowest BCUT2D eigenvalue weighted by molar-refractivity contribution is 1.41. The normalized spacial score (nSPS) is 11.9. The average molecular weight is 194 g/mol. The van der Waals surface area contributed by atoms with Crippen LogP contribution < -0.4 is 10.4 Å². The largest absolute Gasteiger partial charge is 0.0990 e. The molecule has 2 aromatic carbocycles. The van der Waals surface area contributed by atoms with Crippen molar-refractivity contribution in [3.63, 3.8) is 0 Å². The highest BCUT2D eigenvalue weighted by Crippen LogP contribution is 2.08. The van der Waals surface area contributed by atoms with Gasteiger partial charge in [-0.15, -0.1) is 0 Å². The van der Waals surface area contributed by atoms with E-state index >= 15 is 0 Å². The number of rotatable bonds is 1. The van der Waals surface area contributed by atoms with Crippen LogP contribution in [0.5, 0.6) is 0 Å². The fourth-order valence-electron chi connectivity index (χ4n) is 1.87. The predicted octanol–water partition coefficient (Wildman–Crippen LogP) is 2.53. The summed E-state index contributed by atoms with van der Waals surface area (Å²) in [6, 6.07) is 10.5. The van der Waals surface area contributed by atoms with Crippen molar-refractivity contribution in [2.45, 2.75) is 6.92 Å². The van der Waals surface area contributed by atoms with Gasteiger partial charge in [-0.25, -0.2) is 0 Å². The van der Waals surface area contributed by atoms with Gasteiger partial charge in [0.15, 0.2) is 0 Å². The second-order valence-electron chi connectivity index (χ2n) is 3.71. The number of benzene rings is 2. The molecule has 0 heteroatoms. The van der Waals surface area contributed by atoms with Crippen LogP contribution in [-0.2, 0) is 0 Å². The lowest BCUT2D eigenvalue weighted by Crippen LogP contribution is -2.26. The summed E-state index contributed by atoms with van der Waals surface area (Å²) in [5, 5.41) is 4.78. The summed E-state index contributed by atoms with van der Waals surface area (Å²) >= 11 is 0. The van der Waals surface area contributed by atoms with E-state index < -0.39 is 0 Å². The monoisotopic (exact) mass is 194 g/mol. The minimum Gasteiger partial charge on any atom is -0.0990 e. The number of hydrogen-bond acceptors (Lipinski definition) is 0. The molecule has 0 nitrogen and oxygen atoms in total. The van der Waals surface area contributed by atoms with Crippen LogP contribution in [0.2, 0.25) is 0 Å². The Hall–Kier alpha value is -1.82. The number of hydrogen-bond donors (Lipinski definition) is 0. The molecular weight excluding hydrogens is 180 g/mol. The van der Waals surface area contributed by atoms with Gasteiger partial charge in [-0.2, -0.15) is 0 Å². The molecule has 0 aliphatic heterocycles. The SMILES string of the molecule is C=C/C=c1\c(=C)c(C)cc2ccccc12. The van der Waals surface area contributed by atoms with Gasteiger partial charge in [-0.1, -0.05) is 55.6 Å². The smallest absolute Gasteiger partial charge is 0.0105 e. The Kier molecular flexibility index (Phi) is 2.42. The van der Waals surface area contributed by atoms with Crippen molar-refractivity contribution in [3.05, 3.63) is 59.0 Å². The Bertz CT molecular complexity index is 618. The lowest BCUT2D eigenvalue weighted by atomic mass is 10.0. The summed E-state index contributed by atoms with van der Waals surface area (Å²) in [6.07, 6.45) is 3.84. The first-order valence-corrected chi connectivity index (χ1v) is 5.04. The van der Waals surface area contributed by atoms with E-state index in [4.69, 9.17) is 0 Å². The first kappa shape index (κ1) is 9.72. The van der Waals surface area contributed by atoms with Gasteiger partial charge in [0, 0.05) is 0 Å². The number of fused-ring (bicyclic) bond motifs is 1. The van der Waals surface area contributed by atoms with Crippen molar-refractivity contribution in [1.82, 2.24) is 0 Å². The highest BCUT2D eigenvalue weighted by atomic mass is 14.0. The standard InChI is InChI=1S/C15H14/c1-4-7-14-12(3)11(2)10-13-8-5-6-9-15(13)14/h4-10H,1,3H2,2H3/b14-7+. The molecule has 0 fully saturated rings. The van der Waals surface area contributed by atoms with Crippen LogP contribution in [0.15, 0.2) is 43.0 Å². The summed E-state index contributed by atoms with van der Waals surface area (Å²) in [5.41, 5.74) is 1.22. The lowest BCUT2D eigenvalue weighted by Gasteiger charge is -2.02. The molecule has 2 rings (SSSR count). The molecule has 0 saturated heterocycles. The van der Waals surface area contributed by atoms with Gasteiger partial charge in [0.2, 0.25) is 0 Å². The fraction of sp³-hybridized carbons (Fsp3) is 0.0667. The van der Waals surface area contributed by atoms with E-state index in [1.165, 1.54) is 21.6 Å². The quantitative estimate of drug-likeness (QED) is 0.654. The van der Waals surface area contributed by atoms with Crippen molar-refractivity contribution >= 4 is 23.4 Å². The van der Waals surface area contributed by atoms with E-state index in [1.54, 1.807) is 0 Å². The fourth-order valence-corrected chi connectivity index (χ4v) is 1.87. The molecule has 0 atom stereocenters. The predicted molar refractivity (Wildman–Crippen MR) is 68.1 cm³/mol. The zero-order chi connectivity index (χ0) is 10.8. The second-order valence-corrected chi connectivity index (χ2v) is 3.71. The zero-order valence-corrected chi connectivity index (χ0v) is 8.96. The van der Waals surface area contributed by atoms with Gasteiger partial charge in [-0.3, -0.25) is 0 Å². The molecule has 0 heterocycles. The molecule has 0 aromatic heterocycles. The first-order valence-electron chi connectivity index (χ1n) is 5.04. The molecule has 0 bridgehead atoms. The molecule has 2 aromatic rings. The van der Waals surface area contributed by atoms with Crippen molar-refractivity contribution in [3.8, 4) is 0 Å². The van der Waals surface area contributed by atoms with E-state index in [0.29, 0.717) is 0 Å². The number of aryl methyl sites for hydroxylation is 1. The summed E-state index contributed by atoms with van der Waals surface area (Å²) in [6.45, 7) is 9.95. The van der Waals surface area contributed by atoms with Crippen molar-refractivity contribution in [2.75, 3.05) is 0 Å². The Morgan fingerprint density at radius 3 is 2.67 bits per heavy atom. The molecule has 0 unspecified atom stereocenters. The molecule has 0 saturated carbocycles. The van der Waals surface area contributed by atoms with E-state index in [9.17, 15) is 0 Å². The maximum absolute atomic E-state index is 4.11. The van der Waals surface area contributed by atoms with Gasteiger partial charge in [0.05, 0.1) is 0 Å². The maximum Gasteiger partial charge on any atom is -0.0105 e. The second kappa shape index (κ2) is 3.74. The highest BCUT2D eigenvalue weighted by Gasteiger charge is 1.97. The summed E-state index contributed by atoms with van der Waals surface area (Å²) in [5.74, 6) is 0. The highest BCUT2D eigenvalue weighted by molar-refractivity contribution is 5.84. The molecule has 0 N–H and O–H groups in total. The Labute approximate surface area is 89.9 Å². The molecule has 0 spiro atoms. The van der Waals surface area contributed by atoms with Crippen molar-refractivity contribution in [2.24, 2.45) is 0 Å². The molecule has 0 aliphatic rings. The van der Waals surface area contributed by atoms with Crippen LogP contribution in [0.25, 0.3) is 23.4 Å². The van der Waals surface area contributed by atoms with Crippen LogP contribution in [0.3, 0.4) is 0 Å². The zero-order valence-electron chi connectivity index (χ0n) is 8.96. The molecule has 0 aliphatic carbocycles. The van der Waals surface area contributed by atoms with Gasteiger partial charge >= 0.3 is 0 Å². The Balaban J connectivity index is 3.10. The molecular formula is C15H14. The minimum atomic E-state index is 1.09. The van der Waals surface area contributed by atoms with Crippen molar-refractivity contribution in [1.29, 1.82) is 0 Å². The van der Waals surface area contributed by atoms with Crippen LogP contribution >= 0.6 is 0 Å². The van der Waals surface area contributed by atoms with E-state index in [-0.39, 0.29) is 0 Å². The van der Waals surface area contributed by atoms with Gasteiger partial charge < -0.3 is 0 Å². The third-order valence-electron chi connectivity index (χ3n) is 2.71. The average Bonchev–Trinajstić information content (AvgIpc) is 2.25. The molecule has 0 radical (unpaired) electrons. The molecule has 0 amide bonds. The number of allylic oxidation sites excluding steroid dienone is 1. The van der Waals surface area contributed by atoms with E-state index in [1.807, 2.05) is 12.2 Å². The Morgan fingerprint density at radius 2 is 1.93 bits per heavy atom. The summed E-state index contributed by atoms with van der Waals surface area (Å²) in [4.78, 5) is 0. The van der Waals surface area contributed by atoms with E-state index in [2.05, 4.69) is 50.4 Å².